The van der Waals surface area contributed by atoms with Crippen molar-refractivity contribution in [3.63, 3.8) is 0 Å². The normalized spacial score (nSPS) is 12.8. The first kappa shape index (κ1) is 15.0. The summed E-state index contributed by atoms with van der Waals surface area (Å²) >= 11 is 6.14. The van der Waals surface area contributed by atoms with Crippen LogP contribution >= 0.6 is 11.6 Å². The van der Waals surface area contributed by atoms with E-state index in [1.807, 2.05) is 19.9 Å². The number of aliphatic hydroxyl groups is 1. The van der Waals surface area contributed by atoms with E-state index in [1.54, 1.807) is 6.07 Å². The lowest BCUT2D eigenvalue weighted by Gasteiger charge is -2.14. The molecule has 0 bridgehead atoms. The van der Waals surface area contributed by atoms with Gasteiger partial charge in [-0.25, -0.2) is 4.79 Å². The van der Waals surface area contributed by atoms with Gasteiger partial charge in [-0.05, 0) is 36.6 Å². The van der Waals surface area contributed by atoms with Crippen LogP contribution in [0.15, 0.2) is 27.4 Å². The van der Waals surface area contributed by atoms with E-state index in [-0.39, 0.29) is 18.3 Å². The summed E-state index contributed by atoms with van der Waals surface area (Å²) in [4.78, 5) is 11.6. The molecule has 20 heavy (non-hydrogen) atoms. The van der Waals surface area contributed by atoms with Crippen molar-refractivity contribution in [2.75, 3.05) is 6.61 Å². The molecular weight excluding hydrogens is 278 g/mol. The quantitative estimate of drug-likeness (QED) is 0.832. The monoisotopic (exact) mass is 295 g/mol. The Kier molecular flexibility index (Phi) is 4.81. The number of hydrogen-bond donors (Lipinski definition) is 2. The first-order valence-corrected chi connectivity index (χ1v) is 7.00. The highest BCUT2D eigenvalue weighted by molar-refractivity contribution is 6.32. The topological polar surface area (TPSA) is 62.5 Å². The molecule has 0 saturated carbocycles. The summed E-state index contributed by atoms with van der Waals surface area (Å²) in [5, 5.41) is 13.9. The van der Waals surface area contributed by atoms with Crippen molar-refractivity contribution in [1.82, 2.24) is 5.32 Å². The third kappa shape index (κ3) is 3.20. The Bertz CT molecular complexity index is 662. The third-order valence-corrected chi connectivity index (χ3v) is 3.81. The second-order valence-electron chi connectivity index (χ2n) is 4.86. The Morgan fingerprint density at radius 2 is 2.15 bits per heavy atom. The number of halogens is 1. The van der Waals surface area contributed by atoms with Crippen LogP contribution in [0.2, 0.25) is 5.02 Å². The molecule has 0 fully saturated rings. The molecule has 4 nitrogen and oxygen atoms in total. The van der Waals surface area contributed by atoms with E-state index in [0.29, 0.717) is 17.2 Å². The number of fused-ring (bicyclic) bond motifs is 1. The van der Waals surface area contributed by atoms with Crippen molar-refractivity contribution in [1.29, 1.82) is 0 Å². The Balaban J connectivity index is 2.41. The average Bonchev–Trinajstić information content (AvgIpc) is 2.42. The maximum absolute atomic E-state index is 11.6. The molecule has 108 valence electrons. The molecule has 0 aliphatic heterocycles. The molecule has 1 heterocycles. The van der Waals surface area contributed by atoms with Crippen LogP contribution in [0.5, 0.6) is 0 Å². The van der Waals surface area contributed by atoms with E-state index >= 15 is 0 Å². The van der Waals surface area contributed by atoms with E-state index in [4.69, 9.17) is 16.0 Å². The Hall–Kier alpha value is -1.36. The van der Waals surface area contributed by atoms with Crippen LogP contribution in [-0.2, 0) is 6.54 Å². The number of benzene rings is 1. The molecule has 5 heteroatoms. The van der Waals surface area contributed by atoms with Gasteiger partial charge >= 0.3 is 5.63 Å². The van der Waals surface area contributed by atoms with Crippen LogP contribution in [0.1, 0.15) is 24.5 Å². The molecule has 0 saturated heterocycles. The molecule has 1 aromatic heterocycles. The van der Waals surface area contributed by atoms with E-state index < -0.39 is 0 Å². The predicted octanol–water partition coefficient (Wildman–Crippen LogP) is 2.62. The minimum absolute atomic E-state index is 0.0122. The number of rotatable bonds is 5. The Labute approximate surface area is 122 Å². The predicted molar refractivity (Wildman–Crippen MR) is 80.2 cm³/mol. The lowest BCUT2D eigenvalue weighted by Crippen LogP contribution is -2.31. The van der Waals surface area contributed by atoms with Gasteiger partial charge in [0.1, 0.15) is 5.58 Å². The highest BCUT2D eigenvalue weighted by atomic mass is 35.5. The highest BCUT2D eigenvalue weighted by Crippen LogP contribution is 2.25. The van der Waals surface area contributed by atoms with Crippen molar-refractivity contribution in [3.8, 4) is 0 Å². The standard InChI is InChI=1S/C15H18ClNO3/c1-3-11(8-18)17-7-10-5-15(19)20-14-4-9(2)13(16)6-12(10)14/h4-6,11,17-18H,3,7-8H2,1-2H3/t11-/m0/s1. The molecule has 2 N–H and O–H groups in total. The van der Waals surface area contributed by atoms with Gasteiger partial charge in [-0.1, -0.05) is 18.5 Å². The van der Waals surface area contributed by atoms with Crippen molar-refractivity contribution in [2.45, 2.75) is 32.9 Å². The largest absolute Gasteiger partial charge is 0.423 e. The van der Waals surface area contributed by atoms with E-state index in [0.717, 1.165) is 22.9 Å². The van der Waals surface area contributed by atoms with E-state index in [9.17, 15) is 9.90 Å². The van der Waals surface area contributed by atoms with Crippen LogP contribution in [0.3, 0.4) is 0 Å². The lowest BCUT2D eigenvalue weighted by atomic mass is 10.1. The van der Waals surface area contributed by atoms with Crippen LogP contribution in [0.25, 0.3) is 11.0 Å². The molecule has 1 aromatic carbocycles. The molecule has 1 atom stereocenters. The summed E-state index contributed by atoms with van der Waals surface area (Å²) in [6, 6.07) is 5.06. The van der Waals surface area contributed by atoms with Gasteiger partial charge in [-0.15, -0.1) is 0 Å². The van der Waals surface area contributed by atoms with Gasteiger partial charge in [0.15, 0.2) is 0 Å². The van der Waals surface area contributed by atoms with Crippen LogP contribution in [-0.4, -0.2) is 17.8 Å². The van der Waals surface area contributed by atoms with E-state index in [1.165, 1.54) is 6.07 Å². The number of aryl methyl sites for hydroxylation is 1. The second-order valence-corrected chi connectivity index (χ2v) is 5.26. The van der Waals surface area contributed by atoms with Crippen molar-refractivity contribution in [3.05, 3.63) is 44.8 Å². The van der Waals surface area contributed by atoms with Crippen LogP contribution in [0.4, 0.5) is 0 Å². The smallest absolute Gasteiger partial charge is 0.336 e. The number of nitrogens with one attached hydrogen (secondary N) is 1. The molecular formula is C15H18ClNO3. The SMILES string of the molecule is CC[C@@H](CO)NCc1cc(=O)oc2cc(C)c(Cl)cc12. The minimum atomic E-state index is -0.381. The first-order valence-electron chi connectivity index (χ1n) is 6.62. The summed E-state index contributed by atoms with van der Waals surface area (Å²) in [7, 11) is 0. The van der Waals surface area contributed by atoms with Crippen molar-refractivity contribution >= 4 is 22.6 Å². The molecule has 0 spiro atoms. The van der Waals surface area contributed by atoms with Crippen LogP contribution < -0.4 is 10.9 Å². The summed E-state index contributed by atoms with van der Waals surface area (Å²) in [5.41, 5.74) is 1.85. The van der Waals surface area contributed by atoms with Gasteiger partial charge < -0.3 is 14.8 Å². The summed E-state index contributed by atoms with van der Waals surface area (Å²) in [5.74, 6) is 0. The van der Waals surface area contributed by atoms with Crippen LogP contribution in [0, 0.1) is 6.92 Å². The maximum Gasteiger partial charge on any atom is 0.336 e. The number of hydrogen-bond acceptors (Lipinski definition) is 4. The molecule has 2 rings (SSSR count). The maximum atomic E-state index is 11.6. The van der Waals surface area contributed by atoms with Gasteiger partial charge in [0.2, 0.25) is 0 Å². The van der Waals surface area contributed by atoms with Gasteiger partial charge in [-0.3, -0.25) is 0 Å². The minimum Gasteiger partial charge on any atom is -0.423 e. The summed E-state index contributed by atoms with van der Waals surface area (Å²) in [6.07, 6.45) is 0.815. The zero-order valence-electron chi connectivity index (χ0n) is 11.6. The highest BCUT2D eigenvalue weighted by Gasteiger charge is 2.10. The Morgan fingerprint density at radius 3 is 2.80 bits per heavy atom. The second kappa shape index (κ2) is 6.39. The zero-order valence-corrected chi connectivity index (χ0v) is 12.3. The molecule has 0 amide bonds. The lowest BCUT2D eigenvalue weighted by molar-refractivity contribution is 0.238. The van der Waals surface area contributed by atoms with Crippen molar-refractivity contribution in [2.24, 2.45) is 0 Å². The van der Waals surface area contributed by atoms with Crippen molar-refractivity contribution < 1.29 is 9.52 Å². The number of aliphatic hydroxyl groups excluding tert-OH is 1. The molecule has 0 aliphatic carbocycles. The van der Waals surface area contributed by atoms with E-state index in [2.05, 4.69) is 5.32 Å². The van der Waals surface area contributed by atoms with Gasteiger partial charge in [-0.2, -0.15) is 0 Å². The fourth-order valence-electron chi connectivity index (χ4n) is 2.09. The Morgan fingerprint density at radius 1 is 1.40 bits per heavy atom. The molecule has 0 radical (unpaired) electrons. The zero-order chi connectivity index (χ0) is 14.7. The fraction of sp³-hybridized carbons (Fsp3) is 0.400. The summed E-state index contributed by atoms with van der Waals surface area (Å²) in [6.45, 7) is 4.41. The molecule has 2 aromatic rings. The third-order valence-electron chi connectivity index (χ3n) is 3.40. The fourth-order valence-corrected chi connectivity index (χ4v) is 2.25. The average molecular weight is 296 g/mol. The van der Waals surface area contributed by atoms with Gasteiger partial charge in [0.25, 0.3) is 0 Å². The van der Waals surface area contributed by atoms with Gasteiger partial charge in [0.05, 0.1) is 6.61 Å². The molecule has 0 aliphatic rings. The van der Waals surface area contributed by atoms with Gasteiger partial charge in [0, 0.05) is 29.1 Å². The first-order chi connectivity index (χ1) is 9.55. The summed E-state index contributed by atoms with van der Waals surface area (Å²) < 4.78 is 5.21. The molecule has 0 unspecified atom stereocenters.